The Balaban J connectivity index is 2.00. The molecule has 0 saturated carbocycles. The third-order valence-corrected chi connectivity index (χ3v) is 4.29. The molecule has 0 spiro atoms. The van der Waals surface area contributed by atoms with Crippen LogP contribution in [0, 0.1) is 0 Å². The van der Waals surface area contributed by atoms with E-state index in [2.05, 4.69) is 9.71 Å². The second-order valence-electron chi connectivity index (χ2n) is 5.42. The summed E-state index contributed by atoms with van der Waals surface area (Å²) < 4.78 is 24.9. The largest absolute Gasteiger partial charge is 0.335 e. The topological polar surface area (TPSA) is 79.4 Å². The molecule has 0 bridgehead atoms. The molecule has 2 heterocycles. The summed E-state index contributed by atoms with van der Waals surface area (Å²) in [6, 6.07) is 3.59. The number of nitrogens with one attached hydrogen (secondary N) is 1. The highest BCUT2D eigenvalue weighted by molar-refractivity contribution is 7.88. The van der Waals surface area contributed by atoms with Gasteiger partial charge in [-0.15, -0.1) is 0 Å². The Hall–Kier alpha value is -1.73. The van der Waals surface area contributed by atoms with Crippen LogP contribution in [-0.2, 0) is 14.8 Å². The lowest BCUT2D eigenvalue weighted by Gasteiger charge is -2.35. The minimum Gasteiger partial charge on any atom is -0.335 e. The summed E-state index contributed by atoms with van der Waals surface area (Å²) in [5, 5.41) is 0. The van der Waals surface area contributed by atoms with E-state index >= 15 is 0 Å². The molecule has 0 aliphatic carbocycles. The predicted octanol–water partition coefficient (Wildman–Crippen LogP) is 1.03. The summed E-state index contributed by atoms with van der Waals surface area (Å²) in [6.45, 7) is 0.928. The first-order valence-electron chi connectivity index (χ1n) is 7.29. The Morgan fingerprint density at radius 2 is 2.32 bits per heavy atom. The van der Waals surface area contributed by atoms with Gasteiger partial charge >= 0.3 is 0 Å². The van der Waals surface area contributed by atoms with Crippen LogP contribution in [0.1, 0.15) is 24.8 Å². The average Bonchev–Trinajstić information content (AvgIpc) is 2.51. The Labute approximate surface area is 131 Å². The number of aromatic nitrogens is 1. The van der Waals surface area contributed by atoms with Crippen molar-refractivity contribution in [2.75, 3.05) is 19.3 Å². The molecular formula is C15H21N3O3S. The van der Waals surface area contributed by atoms with Crippen LogP contribution in [0.3, 0.4) is 0 Å². The Kier molecular flexibility index (Phi) is 5.68. The maximum atomic E-state index is 12.3. The first-order valence-corrected chi connectivity index (χ1v) is 9.18. The summed E-state index contributed by atoms with van der Waals surface area (Å²) in [6.07, 6.45) is 10.5. The Morgan fingerprint density at radius 1 is 1.50 bits per heavy atom. The van der Waals surface area contributed by atoms with E-state index in [1.807, 2.05) is 12.1 Å². The first-order chi connectivity index (χ1) is 10.5. The lowest BCUT2D eigenvalue weighted by Crippen LogP contribution is -2.48. The molecule has 1 fully saturated rings. The quantitative estimate of drug-likeness (QED) is 0.821. The van der Waals surface area contributed by atoms with Crippen LogP contribution in [0.4, 0.5) is 0 Å². The van der Waals surface area contributed by atoms with Crippen LogP contribution in [0.15, 0.2) is 30.6 Å². The number of hydrogen-bond acceptors (Lipinski definition) is 4. The normalized spacial score (nSPS) is 19.5. The van der Waals surface area contributed by atoms with Crippen molar-refractivity contribution < 1.29 is 13.2 Å². The molecule has 7 heteroatoms. The lowest BCUT2D eigenvalue weighted by molar-refractivity contribution is -0.129. The van der Waals surface area contributed by atoms with Crippen LogP contribution in [0.5, 0.6) is 0 Å². The van der Waals surface area contributed by atoms with Crippen LogP contribution < -0.4 is 4.72 Å². The molecule has 1 unspecified atom stereocenters. The first kappa shape index (κ1) is 16.6. The molecule has 0 aromatic carbocycles. The Morgan fingerprint density at radius 3 is 3.00 bits per heavy atom. The van der Waals surface area contributed by atoms with Crippen LogP contribution in [0.2, 0.25) is 0 Å². The van der Waals surface area contributed by atoms with Gasteiger partial charge in [-0.25, -0.2) is 13.1 Å². The zero-order chi connectivity index (χ0) is 16.0. The van der Waals surface area contributed by atoms with Gasteiger partial charge < -0.3 is 4.90 Å². The van der Waals surface area contributed by atoms with E-state index in [1.165, 1.54) is 6.08 Å². The highest BCUT2D eigenvalue weighted by Gasteiger charge is 2.25. The van der Waals surface area contributed by atoms with E-state index < -0.39 is 10.0 Å². The van der Waals surface area contributed by atoms with E-state index in [-0.39, 0.29) is 18.5 Å². The molecule has 1 saturated heterocycles. The van der Waals surface area contributed by atoms with Gasteiger partial charge in [0, 0.05) is 37.6 Å². The van der Waals surface area contributed by atoms with Crippen molar-refractivity contribution in [2.24, 2.45) is 0 Å². The fraction of sp³-hybridized carbons (Fsp3) is 0.467. The zero-order valence-corrected chi connectivity index (χ0v) is 13.4. The van der Waals surface area contributed by atoms with Crippen molar-refractivity contribution in [1.82, 2.24) is 14.6 Å². The molecule has 1 N–H and O–H groups in total. The predicted molar refractivity (Wildman–Crippen MR) is 85.5 cm³/mol. The minimum absolute atomic E-state index is 0.0884. The monoisotopic (exact) mass is 323 g/mol. The molecule has 1 aromatic rings. The van der Waals surface area contributed by atoms with Gasteiger partial charge in [0.15, 0.2) is 0 Å². The van der Waals surface area contributed by atoms with Gasteiger partial charge in [0.1, 0.15) is 0 Å². The summed E-state index contributed by atoms with van der Waals surface area (Å²) in [5.41, 5.74) is 0.860. The van der Waals surface area contributed by atoms with E-state index in [0.717, 1.165) is 31.1 Å². The van der Waals surface area contributed by atoms with Crippen molar-refractivity contribution in [2.45, 2.75) is 25.3 Å². The molecule has 1 atom stereocenters. The van der Waals surface area contributed by atoms with Gasteiger partial charge in [0.2, 0.25) is 15.9 Å². The summed E-state index contributed by atoms with van der Waals surface area (Å²) in [7, 11) is -3.24. The van der Waals surface area contributed by atoms with Gasteiger partial charge in [0.25, 0.3) is 0 Å². The third-order valence-electron chi connectivity index (χ3n) is 3.59. The van der Waals surface area contributed by atoms with Crippen molar-refractivity contribution in [3.05, 3.63) is 36.2 Å². The molecule has 120 valence electrons. The molecule has 1 amide bonds. The van der Waals surface area contributed by atoms with Crippen molar-refractivity contribution >= 4 is 22.0 Å². The number of rotatable bonds is 5. The molecule has 6 nitrogen and oxygen atoms in total. The molecule has 1 aliphatic rings. The number of amides is 1. The van der Waals surface area contributed by atoms with Crippen molar-refractivity contribution in [3.63, 3.8) is 0 Å². The number of likely N-dealkylation sites (tertiary alicyclic amines) is 1. The zero-order valence-electron chi connectivity index (χ0n) is 12.6. The standard InChI is InChI=1S/C15H21N3O3S/c1-22(20,21)17-12-14-6-2-3-10-18(14)15(19)8-7-13-5-4-9-16-11-13/h4-5,7-9,11,14,17H,2-3,6,10,12H2,1H3/b8-7+. The molecular weight excluding hydrogens is 302 g/mol. The van der Waals surface area contributed by atoms with Crippen LogP contribution in [0.25, 0.3) is 6.08 Å². The lowest BCUT2D eigenvalue weighted by atomic mass is 10.0. The van der Waals surface area contributed by atoms with Gasteiger partial charge in [0.05, 0.1) is 6.26 Å². The van der Waals surface area contributed by atoms with Crippen LogP contribution >= 0.6 is 0 Å². The SMILES string of the molecule is CS(=O)(=O)NCC1CCCCN1C(=O)/C=C/c1cccnc1. The van der Waals surface area contributed by atoms with Crippen molar-refractivity contribution in [3.8, 4) is 0 Å². The number of hydrogen-bond donors (Lipinski definition) is 1. The van der Waals surface area contributed by atoms with E-state index in [9.17, 15) is 13.2 Å². The maximum absolute atomic E-state index is 12.3. The second-order valence-corrected chi connectivity index (χ2v) is 7.25. The summed E-state index contributed by atoms with van der Waals surface area (Å²) in [5.74, 6) is -0.0937. The molecule has 22 heavy (non-hydrogen) atoms. The maximum Gasteiger partial charge on any atom is 0.246 e. The smallest absolute Gasteiger partial charge is 0.246 e. The highest BCUT2D eigenvalue weighted by atomic mass is 32.2. The number of sulfonamides is 1. The number of nitrogens with zero attached hydrogens (tertiary/aromatic N) is 2. The number of piperidine rings is 1. The summed E-state index contributed by atoms with van der Waals surface area (Å²) in [4.78, 5) is 18.1. The number of carbonyl (C=O) groups excluding carboxylic acids is 1. The molecule has 0 radical (unpaired) electrons. The van der Waals surface area contributed by atoms with Gasteiger partial charge in [-0.05, 0) is 37.0 Å². The third kappa shape index (κ3) is 5.23. The van der Waals surface area contributed by atoms with E-state index in [1.54, 1.807) is 23.4 Å². The fourth-order valence-electron chi connectivity index (χ4n) is 2.49. The van der Waals surface area contributed by atoms with Gasteiger partial charge in [-0.1, -0.05) is 6.07 Å². The van der Waals surface area contributed by atoms with Gasteiger partial charge in [-0.2, -0.15) is 0 Å². The highest BCUT2D eigenvalue weighted by Crippen LogP contribution is 2.17. The second kappa shape index (κ2) is 7.51. The van der Waals surface area contributed by atoms with E-state index in [0.29, 0.717) is 6.54 Å². The fourth-order valence-corrected chi connectivity index (χ4v) is 2.98. The molecule has 1 aliphatic heterocycles. The molecule has 2 rings (SSSR count). The number of carbonyl (C=O) groups is 1. The van der Waals surface area contributed by atoms with Crippen molar-refractivity contribution in [1.29, 1.82) is 0 Å². The number of pyridine rings is 1. The van der Waals surface area contributed by atoms with Crippen LogP contribution in [-0.4, -0.2) is 49.6 Å². The molecule has 1 aromatic heterocycles. The van der Waals surface area contributed by atoms with Gasteiger partial charge in [-0.3, -0.25) is 9.78 Å². The summed E-state index contributed by atoms with van der Waals surface area (Å²) >= 11 is 0. The Bertz CT molecular complexity index is 629. The average molecular weight is 323 g/mol. The van der Waals surface area contributed by atoms with E-state index in [4.69, 9.17) is 0 Å². The minimum atomic E-state index is -3.24.